The summed E-state index contributed by atoms with van der Waals surface area (Å²) in [6.07, 6.45) is -7.50. The first-order chi connectivity index (χ1) is 16.2. The summed E-state index contributed by atoms with van der Waals surface area (Å²) in [4.78, 5) is 37.6. The molecule has 1 aromatic rings. The van der Waals surface area contributed by atoms with Crippen molar-refractivity contribution < 1.29 is 32.3 Å². The number of thioether (sulfide) groups is 2. The van der Waals surface area contributed by atoms with Gasteiger partial charge in [-0.3, -0.25) is 20.2 Å². The van der Waals surface area contributed by atoms with E-state index in [9.17, 15) is 27.6 Å². The molecule has 6 atom stereocenters. The van der Waals surface area contributed by atoms with Crippen molar-refractivity contribution in [2.24, 2.45) is 5.92 Å². The van der Waals surface area contributed by atoms with E-state index in [2.05, 4.69) is 20.7 Å². The second-order valence-corrected chi connectivity index (χ2v) is 10.8. The van der Waals surface area contributed by atoms with Gasteiger partial charge in [0.2, 0.25) is 17.9 Å². The van der Waals surface area contributed by atoms with Crippen LogP contribution in [0.4, 0.5) is 18.0 Å². The Kier molecular flexibility index (Phi) is 7.95. The van der Waals surface area contributed by atoms with Crippen LogP contribution in [0.25, 0.3) is 0 Å². The molecule has 1 aromatic carbocycles. The van der Waals surface area contributed by atoms with Gasteiger partial charge in [-0.25, -0.2) is 4.79 Å². The molecule has 8 nitrogen and oxygen atoms in total. The van der Waals surface area contributed by atoms with Gasteiger partial charge < -0.3 is 15.4 Å². The first-order valence-electron chi connectivity index (χ1n) is 10.9. The van der Waals surface area contributed by atoms with Crippen molar-refractivity contribution in [3.05, 3.63) is 35.9 Å². The number of imide groups is 1. The molecule has 3 fully saturated rings. The van der Waals surface area contributed by atoms with Crippen LogP contribution in [0.5, 0.6) is 0 Å². The topological polar surface area (TPSA) is 109 Å². The van der Waals surface area contributed by atoms with E-state index in [0.29, 0.717) is 17.4 Å². The van der Waals surface area contributed by atoms with Crippen LogP contribution in [0.2, 0.25) is 0 Å². The average molecular weight is 519 g/mol. The molecule has 4 N–H and O–H groups in total. The zero-order valence-corrected chi connectivity index (χ0v) is 19.6. The Morgan fingerprint density at radius 1 is 1.12 bits per heavy atom. The van der Waals surface area contributed by atoms with Crippen molar-refractivity contribution in [3.63, 3.8) is 0 Å². The third kappa shape index (κ3) is 5.99. The highest BCUT2D eigenvalue weighted by atomic mass is 32.2. The van der Waals surface area contributed by atoms with Crippen LogP contribution in [0, 0.1) is 5.92 Å². The van der Waals surface area contributed by atoms with E-state index in [1.165, 1.54) is 42.1 Å². The third-order valence-corrected chi connectivity index (χ3v) is 8.71. The molecule has 3 amide bonds. The number of rotatable bonds is 5. The molecular formula is C21H25F3N4O4S2. The number of alkyl halides is 3. The van der Waals surface area contributed by atoms with E-state index in [0.717, 1.165) is 19.5 Å². The van der Waals surface area contributed by atoms with E-state index >= 15 is 0 Å². The van der Waals surface area contributed by atoms with Gasteiger partial charge in [0.05, 0.1) is 11.3 Å². The van der Waals surface area contributed by atoms with Crippen LogP contribution in [0.1, 0.15) is 24.5 Å². The number of amides is 3. The Morgan fingerprint density at radius 2 is 1.88 bits per heavy atom. The van der Waals surface area contributed by atoms with Crippen molar-refractivity contribution in [3.8, 4) is 0 Å². The molecule has 0 spiro atoms. The Hall–Kier alpha value is -1.96. The fourth-order valence-electron chi connectivity index (χ4n) is 4.21. The zero-order chi connectivity index (χ0) is 24.3. The highest BCUT2D eigenvalue weighted by Gasteiger charge is 2.45. The van der Waals surface area contributed by atoms with E-state index in [-0.39, 0.29) is 17.5 Å². The number of carbonyl (C=O) groups is 3. The molecule has 6 unspecified atom stereocenters. The maximum atomic E-state index is 13.4. The van der Waals surface area contributed by atoms with Gasteiger partial charge in [0.25, 0.3) is 0 Å². The number of benzene rings is 1. The minimum absolute atomic E-state index is 0.200. The predicted octanol–water partition coefficient (Wildman–Crippen LogP) is 2.13. The number of nitrogens with one attached hydrogen (secondary N) is 4. The first-order valence-corrected chi connectivity index (χ1v) is 12.9. The molecule has 0 radical (unpaired) electrons. The van der Waals surface area contributed by atoms with Gasteiger partial charge in [-0.05, 0) is 25.1 Å². The smallest absolute Gasteiger partial charge is 0.429 e. The van der Waals surface area contributed by atoms with Gasteiger partial charge in [0.15, 0.2) is 0 Å². The van der Waals surface area contributed by atoms with Crippen LogP contribution in [0.3, 0.4) is 0 Å². The minimum atomic E-state index is -4.85. The van der Waals surface area contributed by atoms with E-state index in [4.69, 9.17) is 0 Å². The summed E-state index contributed by atoms with van der Waals surface area (Å²) in [5, 5.41) is 10.7. The summed E-state index contributed by atoms with van der Waals surface area (Å²) in [6, 6.07) is 6.91. The number of piperidine rings is 1. The first kappa shape index (κ1) is 25.1. The van der Waals surface area contributed by atoms with Gasteiger partial charge in [0.1, 0.15) is 5.37 Å². The van der Waals surface area contributed by atoms with Crippen LogP contribution >= 0.6 is 23.5 Å². The number of halogens is 3. The maximum absolute atomic E-state index is 13.4. The van der Waals surface area contributed by atoms with E-state index in [1.807, 2.05) is 5.32 Å². The molecule has 34 heavy (non-hydrogen) atoms. The molecule has 186 valence electrons. The maximum Gasteiger partial charge on any atom is 0.429 e. The number of hydrogen-bond donors (Lipinski definition) is 4. The Morgan fingerprint density at radius 3 is 2.59 bits per heavy atom. The number of ether oxygens (including phenoxy) is 1. The number of hydrogen-bond acceptors (Lipinski definition) is 8. The van der Waals surface area contributed by atoms with Crippen molar-refractivity contribution in [1.29, 1.82) is 0 Å². The number of alkyl carbamates (subject to hydrolysis) is 1. The molecule has 3 saturated heterocycles. The lowest BCUT2D eigenvalue weighted by Gasteiger charge is -2.24. The van der Waals surface area contributed by atoms with Gasteiger partial charge >= 0.3 is 12.3 Å². The molecule has 0 aromatic heterocycles. The fraction of sp³-hybridized carbons (Fsp3) is 0.571. The van der Waals surface area contributed by atoms with Crippen LogP contribution in [-0.2, 0) is 14.3 Å². The summed E-state index contributed by atoms with van der Waals surface area (Å²) in [5.74, 6) is -1.23. The Labute approximate surface area is 202 Å². The molecule has 13 heteroatoms. The SMILES string of the molecule is O=C(NC(=O)C1CCSC1NC(=O)C1NC2CNCCC2S1)OC(c1ccccc1)C(F)(F)F. The van der Waals surface area contributed by atoms with Crippen molar-refractivity contribution in [2.45, 2.75) is 47.2 Å². The minimum Gasteiger partial charge on any atom is -0.431 e. The number of fused-ring (bicyclic) bond motifs is 1. The zero-order valence-electron chi connectivity index (χ0n) is 18.0. The lowest BCUT2D eigenvalue weighted by atomic mass is 10.1. The normalized spacial score (nSPS) is 29.7. The largest absolute Gasteiger partial charge is 0.431 e. The predicted molar refractivity (Wildman–Crippen MR) is 122 cm³/mol. The Bertz CT molecular complexity index is 894. The molecule has 0 saturated carbocycles. The van der Waals surface area contributed by atoms with Crippen molar-refractivity contribution in [1.82, 2.24) is 21.3 Å². The number of carbonyl (C=O) groups excluding carboxylic acids is 3. The lowest BCUT2D eigenvalue weighted by Crippen LogP contribution is -2.51. The van der Waals surface area contributed by atoms with Gasteiger partial charge in [-0.2, -0.15) is 13.2 Å². The molecule has 0 bridgehead atoms. The summed E-state index contributed by atoms with van der Waals surface area (Å²) < 4.78 is 44.8. The van der Waals surface area contributed by atoms with Gasteiger partial charge in [0, 0.05) is 23.4 Å². The standard InChI is InChI=1S/C21H25F3N4O4S2/c22-21(23,24)15(11-4-2-1-3-5-11)32-20(31)28-16(29)12-7-9-33-18(12)27-17(30)19-26-13-10-25-8-6-14(13)34-19/h1-5,12-15,18-19,25-26H,6-10H2,(H,27,30)(H,28,29,31). The van der Waals surface area contributed by atoms with Crippen molar-refractivity contribution >= 4 is 41.4 Å². The second-order valence-electron chi connectivity index (χ2n) is 8.24. The molecule has 3 heterocycles. The molecule has 3 aliphatic rings. The highest BCUT2D eigenvalue weighted by Crippen LogP contribution is 2.36. The van der Waals surface area contributed by atoms with Gasteiger partial charge in [-0.15, -0.1) is 23.5 Å². The summed E-state index contributed by atoms with van der Waals surface area (Å²) >= 11 is 2.92. The lowest BCUT2D eigenvalue weighted by molar-refractivity contribution is -0.206. The molecule has 0 aliphatic carbocycles. The highest BCUT2D eigenvalue weighted by molar-refractivity contribution is 8.01. The molecular weight excluding hydrogens is 493 g/mol. The van der Waals surface area contributed by atoms with Crippen LogP contribution in [0.15, 0.2) is 30.3 Å². The fourth-order valence-corrected chi connectivity index (χ4v) is 6.96. The van der Waals surface area contributed by atoms with E-state index in [1.54, 1.807) is 11.8 Å². The summed E-state index contributed by atoms with van der Waals surface area (Å²) in [7, 11) is 0. The monoisotopic (exact) mass is 518 g/mol. The summed E-state index contributed by atoms with van der Waals surface area (Å²) in [5.41, 5.74) is -0.253. The van der Waals surface area contributed by atoms with Crippen LogP contribution in [-0.4, -0.2) is 65.0 Å². The molecule has 4 rings (SSSR count). The van der Waals surface area contributed by atoms with Crippen LogP contribution < -0.4 is 21.3 Å². The quantitative estimate of drug-likeness (QED) is 0.470. The van der Waals surface area contributed by atoms with E-state index < -0.39 is 40.9 Å². The summed E-state index contributed by atoms with van der Waals surface area (Å²) in [6.45, 7) is 1.69. The molecule has 3 aliphatic heterocycles. The third-order valence-electron chi connectivity index (χ3n) is 5.90. The Balaban J connectivity index is 1.32. The average Bonchev–Trinajstić information content (AvgIpc) is 3.44. The van der Waals surface area contributed by atoms with Gasteiger partial charge in [-0.1, -0.05) is 30.3 Å². The van der Waals surface area contributed by atoms with Crippen molar-refractivity contribution in [2.75, 3.05) is 18.8 Å². The second kappa shape index (κ2) is 10.8.